The van der Waals surface area contributed by atoms with Gasteiger partial charge in [0.05, 0.1) is 29.4 Å². The van der Waals surface area contributed by atoms with Gasteiger partial charge in [0.25, 0.3) is 5.91 Å². The average molecular weight is 449 g/mol. The van der Waals surface area contributed by atoms with Crippen LogP contribution in [0.15, 0.2) is 84.9 Å². The number of carbonyl (C=O) groups is 1. The maximum Gasteiger partial charge on any atom is 0.252 e. The first kappa shape index (κ1) is 21.4. The number of ether oxygens (including phenoxy) is 1. The number of aromatic nitrogens is 3. The molecule has 6 heteroatoms. The van der Waals surface area contributed by atoms with Gasteiger partial charge in [-0.25, -0.2) is 4.98 Å². The summed E-state index contributed by atoms with van der Waals surface area (Å²) >= 11 is 0. The zero-order valence-corrected chi connectivity index (χ0v) is 19.0. The Morgan fingerprint density at radius 2 is 1.71 bits per heavy atom. The Morgan fingerprint density at radius 3 is 2.47 bits per heavy atom. The maximum absolute atomic E-state index is 13.5. The van der Waals surface area contributed by atoms with Crippen LogP contribution in [-0.2, 0) is 6.54 Å². The van der Waals surface area contributed by atoms with Crippen LogP contribution < -0.4 is 10.1 Å². The normalized spacial score (nSPS) is 10.9. The Balaban J connectivity index is 1.62. The summed E-state index contributed by atoms with van der Waals surface area (Å²) in [5, 5.41) is 11.3. The third-order valence-electron chi connectivity index (χ3n) is 5.79. The van der Waals surface area contributed by atoms with E-state index in [1.54, 1.807) is 7.11 Å². The van der Waals surface area contributed by atoms with Gasteiger partial charge in [-0.15, -0.1) is 0 Å². The van der Waals surface area contributed by atoms with Crippen LogP contribution in [0.5, 0.6) is 5.75 Å². The van der Waals surface area contributed by atoms with E-state index in [2.05, 4.69) is 15.5 Å². The molecule has 5 rings (SSSR count). The summed E-state index contributed by atoms with van der Waals surface area (Å²) in [6.45, 7) is 2.46. The third kappa shape index (κ3) is 4.13. The number of nitrogens with zero attached hydrogens (tertiary/aromatic N) is 2. The molecule has 0 saturated heterocycles. The fourth-order valence-corrected chi connectivity index (χ4v) is 3.99. The second-order valence-electron chi connectivity index (χ2n) is 8.09. The number of benzene rings is 3. The molecule has 0 spiro atoms. The van der Waals surface area contributed by atoms with Gasteiger partial charge in [-0.2, -0.15) is 5.10 Å². The number of aryl methyl sites for hydroxylation is 1. The Labute approximate surface area is 197 Å². The van der Waals surface area contributed by atoms with E-state index in [1.807, 2.05) is 91.9 Å². The van der Waals surface area contributed by atoms with Crippen LogP contribution in [0, 0.1) is 6.92 Å². The molecule has 2 heterocycles. The van der Waals surface area contributed by atoms with Gasteiger partial charge >= 0.3 is 0 Å². The van der Waals surface area contributed by atoms with E-state index >= 15 is 0 Å². The highest BCUT2D eigenvalue weighted by Crippen LogP contribution is 2.34. The highest BCUT2D eigenvalue weighted by Gasteiger charge is 2.21. The lowest BCUT2D eigenvalue weighted by Crippen LogP contribution is -2.23. The Bertz CT molecular complexity index is 1460. The van der Waals surface area contributed by atoms with Crippen molar-refractivity contribution in [2.24, 2.45) is 0 Å². The third-order valence-corrected chi connectivity index (χ3v) is 5.79. The molecule has 168 valence electrons. The molecule has 0 fully saturated rings. The zero-order chi connectivity index (χ0) is 23.5. The molecule has 2 N–H and O–H groups in total. The zero-order valence-electron chi connectivity index (χ0n) is 19.0. The highest BCUT2D eigenvalue weighted by atomic mass is 16.5. The lowest BCUT2D eigenvalue weighted by atomic mass is 10.0. The molecule has 0 bridgehead atoms. The van der Waals surface area contributed by atoms with Crippen LogP contribution in [-0.4, -0.2) is 28.2 Å². The van der Waals surface area contributed by atoms with Crippen molar-refractivity contribution >= 4 is 16.9 Å². The molecule has 3 aromatic carbocycles. The number of methoxy groups -OCH3 is 1. The van der Waals surface area contributed by atoms with Crippen LogP contribution in [0.3, 0.4) is 0 Å². The van der Waals surface area contributed by atoms with E-state index in [0.29, 0.717) is 34.6 Å². The molecule has 0 unspecified atom stereocenters. The SMILES string of the molecule is COc1ccccc1-c1cc(C(=O)NCc2ccc(C)cc2)c2c(-c3ccccc3)[nH]nc2n1. The smallest absolute Gasteiger partial charge is 0.252 e. The van der Waals surface area contributed by atoms with Gasteiger partial charge in [0.2, 0.25) is 0 Å². The lowest BCUT2D eigenvalue weighted by molar-refractivity contribution is 0.0952. The van der Waals surface area contributed by atoms with E-state index in [1.165, 1.54) is 5.56 Å². The predicted molar refractivity (Wildman–Crippen MR) is 134 cm³/mol. The van der Waals surface area contributed by atoms with Gasteiger partial charge in [-0.3, -0.25) is 9.89 Å². The van der Waals surface area contributed by atoms with Crippen LogP contribution in [0.4, 0.5) is 0 Å². The van der Waals surface area contributed by atoms with Crippen molar-refractivity contribution < 1.29 is 9.53 Å². The van der Waals surface area contributed by atoms with Crippen molar-refractivity contribution in [1.82, 2.24) is 20.5 Å². The minimum atomic E-state index is -0.192. The highest BCUT2D eigenvalue weighted by molar-refractivity contribution is 6.11. The summed E-state index contributed by atoms with van der Waals surface area (Å²) in [6.07, 6.45) is 0. The monoisotopic (exact) mass is 448 g/mol. The number of pyridine rings is 1. The van der Waals surface area contributed by atoms with Gasteiger partial charge in [-0.05, 0) is 30.7 Å². The number of hydrogen-bond acceptors (Lipinski definition) is 4. The molecular formula is C28H24N4O2. The second kappa shape index (κ2) is 9.19. The second-order valence-corrected chi connectivity index (χ2v) is 8.09. The molecule has 0 aliphatic carbocycles. The largest absolute Gasteiger partial charge is 0.496 e. The fraction of sp³-hybridized carbons (Fsp3) is 0.107. The number of nitrogens with one attached hydrogen (secondary N) is 2. The molecule has 1 amide bonds. The Morgan fingerprint density at radius 1 is 0.971 bits per heavy atom. The van der Waals surface area contributed by atoms with Crippen molar-refractivity contribution in [3.63, 3.8) is 0 Å². The first-order valence-electron chi connectivity index (χ1n) is 11.1. The van der Waals surface area contributed by atoms with Crippen molar-refractivity contribution in [3.8, 4) is 28.3 Å². The summed E-state index contributed by atoms with van der Waals surface area (Å²) in [6, 6.07) is 27.4. The number of para-hydroxylation sites is 1. The van der Waals surface area contributed by atoms with Crippen molar-refractivity contribution in [1.29, 1.82) is 0 Å². The summed E-state index contributed by atoms with van der Waals surface area (Å²) in [4.78, 5) is 18.3. The van der Waals surface area contributed by atoms with Crippen molar-refractivity contribution in [3.05, 3.63) is 102 Å². The summed E-state index contributed by atoms with van der Waals surface area (Å²) in [5.74, 6) is 0.488. The van der Waals surface area contributed by atoms with E-state index in [9.17, 15) is 4.79 Å². The van der Waals surface area contributed by atoms with Gasteiger partial charge in [0.1, 0.15) is 5.75 Å². The molecule has 0 aliphatic heterocycles. The molecule has 0 radical (unpaired) electrons. The summed E-state index contributed by atoms with van der Waals surface area (Å²) in [5.41, 5.74) is 6.30. The number of carbonyl (C=O) groups excluding carboxylic acids is 1. The fourth-order valence-electron chi connectivity index (χ4n) is 3.99. The van der Waals surface area contributed by atoms with E-state index < -0.39 is 0 Å². The number of rotatable bonds is 6. The number of aromatic amines is 1. The molecule has 0 atom stereocenters. The predicted octanol–water partition coefficient (Wildman–Crippen LogP) is 5.54. The van der Waals surface area contributed by atoms with E-state index in [0.717, 1.165) is 22.4 Å². The van der Waals surface area contributed by atoms with Gasteiger partial charge in [0, 0.05) is 17.7 Å². The molecule has 0 aliphatic rings. The molecular weight excluding hydrogens is 424 g/mol. The summed E-state index contributed by atoms with van der Waals surface area (Å²) < 4.78 is 5.53. The number of fused-ring (bicyclic) bond motifs is 1. The minimum absolute atomic E-state index is 0.192. The van der Waals surface area contributed by atoms with Crippen LogP contribution in [0.1, 0.15) is 21.5 Å². The summed E-state index contributed by atoms with van der Waals surface area (Å²) in [7, 11) is 1.62. The first-order chi connectivity index (χ1) is 16.6. The molecule has 0 saturated carbocycles. The molecule has 2 aromatic heterocycles. The Hall–Kier alpha value is -4.45. The van der Waals surface area contributed by atoms with Crippen molar-refractivity contribution in [2.45, 2.75) is 13.5 Å². The van der Waals surface area contributed by atoms with Gasteiger partial charge in [-0.1, -0.05) is 72.3 Å². The number of hydrogen-bond donors (Lipinski definition) is 2. The standard InChI is InChI=1S/C28H24N4O2/c1-18-12-14-19(15-13-18)17-29-28(33)22-16-23(21-10-6-7-11-24(21)34-2)30-27-25(22)26(31-32-27)20-8-4-3-5-9-20/h3-16H,17H2,1-2H3,(H,29,33)(H,30,31,32). The van der Waals surface area contributed by atoms with Gasteiger partial charge in [0.15, 0.2) is 5.65 Å². The maximum atomic E-state index is 13.5. The van der Waals surface area contributed by atoms with Crippen LogP contribution in [0.25, 0.3) is 33.5 Å². The molecule has 34 heavy (non-hydrogen) atoms. The first-order valence-corrected chi connectivity index (χ1v) is 11.1. The minimum Gasteiger partial charge on any atom is -0.496 e. The molecule has 5 aromatic rings. The topological polar surface area (TPSA) is 79.9 Å². The lowest BCUT2D eigenvalue weighted by Gasteiger charge is -2.12. The Kier molecular flexibility index (Phi) is 5.79. The quantitative estimate of drug-likeness (QED) is 0.357. The average Bonchev–Trinajstić information content (AvgIpc) is 3.32. The van der Waals surface area contributed by atoms with Gasteiger partial charge < -0.3 is 10.1 Å². The number of amides is 1. The number of H-pyrrole nitrogens is 1. The molecule has 6 nitrogen and oxygen atoms in total. The van der Waals surface area contributed by atoms with E-state index in [4.69, 9.17) is 9.72 Å². The van der Waals surface area contributed by atoms with Crippen LogP contribution in [0.2, 0.25) is 0 Å². The van der Waals surface area contributed by atoms with Crippen LogP contribution >= 0.6 is 0 Å². The van der Waals surface area contributed by atoms with E-state index in [-0.39, 0.29) is 5.91 Å². The van der Waals surface area contributed by atoms with Crippen molar-refractivity contribution in [2.75, 3.05) is 7.11 Å².